The highest BCUT2D eigenvalue weighted by Crippen LogP contribution is 2.27. The number of nitrogens with zero attached hydrogens (tertiary/aromatic N) is 3. The molecule has 0 aliphatic carbocycles. The number of rotatable bonds is 5. The molecule has 9 heteroatoms. The van der Waals surface area contributed by atoms with Gasteiger partial charge in [0, 0.05) is 5.56 Å². The van der Waals surface area contributed by atoms with Crippen LogP contribution >= 0.6 is 0 Å². The van der Waals surface area contributed by atoms with Gasteiger partial charge >= 0.3 is 5.97 Å². The van der Waals surface area contributed by atoms with Gasteiger partial charge in [0.05, 0.1) is 11.7 Å². The highest BCUT2D eigenvalue weighted by molar-refractivity contribution is 5.99. The Kier molecular flexibility index (Phi) is 4.68. The maximum atomic E-state index is 12.8. The van der Waals surface area contributed by atoms with Crippen LogP contribution in [0, 0.1) is 0 Å². The van der Waals surface area contributed by atoms with E-state index in [0.29, 0.717) is 5.69 Å². The number of aromatic hydroxyl groups is 1. The first-order valence-electron chi connectivity index (χ1n) is 8.24. The summed E-state index contributed by atoms with van der Waals surface area (Å²) >= 11 is 0. The Hall–Kier alpha value is -3.62. The molecule has 2 heterocycles. The number of carboxylic acid groups (broad SMARTS) is 1. The van der Waals surface area contributed by atoms with Crippen molar-refractivity contribution in [3.8, 4) is 17.0 Å². The van der Waals surface area contributed by atoms with Crippen molar-refractivity contribution in [3.05, 3.63) is 52.3 Å². The summed E-state index contributed by atoms with van der Waals surface area (Å²) in [6.07, 6.45) is 0. The first-order valence-corrected chi connectivity index (χ1v) is 8.24. The molecule has 0 aliphatic rings. The number of nitrogens with one attached hydrogen (secondary N) is 1. The average Bonchev–Trinajstić information content (AvgIpc) is 3.05. The molecule has 0 atom stereocenters. The molecule has 140 valence electrons. The minimum atomic E-state index is -1.26. The fourth-order valence-corrected chi connectivity index (χ4v) is 2.78. The Labute approximate surface area is 153 Å². The summed E-state index contributed by atoms with van der Waals surface area (Å²) in [6.45, 7) is 2.81. The number of carbonyl (C=O) groups excluding carboxylic acids is 1. The fourth-order valence-electron chi connectivity index (χ4n) is 2.78. The van der Waals surface area contributed by atoms with E-state index in [9.17, 15) is 19.5 Å². The fraction of sp³-hybridized carbons (Fsp3) is 0.222. The Bertz CT molecular complexity index is 1080. The van der Waals surface area contributed by atoms with E-state index in [1.807, 2.05) is 30.3 Å². The minimum absolute atomic E-state index is 0.169. The number of carbonyl (C=O) groups is 2. The summed E-state index contributed by atoms with van der Waals surface area (Å²) < 4.78 is 2.50. The number of hydrogen-bond donors (Lipinski definition) is 3. The van der Waals surface area contributed by atoms with Gasteiger partial charge in [0.1, 0.15) is 12.1 Å². The van der Waals surface area contributed by atoms with Gasteiger partial charge in [-0.15, -0.1) is 0 Å². The van der Waals surface area contributed by atoms with Gasteiger partial charge in [0.15, 0.2) is 11.3 Å². The highest BCUT2D eigenvalue weighted by atomic mass is 16.4. The van der Waals surface area contributed by atoms with Crippen LogP contribution in [0.25, 0.3) is 16.8 Å². The second kappa shape index (κ2) is 6.94. The quantitative estimate of drug-likeness (QED) is 0.621. The zero-order valence-corrected chi connectivity index (χ0v) is 14.7. The molecule has 1 amide bonds. The molecule has 0 saturated heterocycles. The van der Waals surface area contributed by atoms with Crippen LogP contribution in [0.15, 0.2) is 41.2 Å². The Morgan fingerprint density at radius 2 is 1.89 bits per heavy atom. The van der Waals surface area contributed by atoms with Crippen molar-refractivity contribution in [2.24, 2.45) is 0 Å². The van der Waals surface area contributed by atoms with Gasteiger partial charge in [-0.25, -0.2) is 4.68 Å². The second-order valence-corrected chi connectivity index (χ2v) is 6.21. The summed E-state index contributed by atoms with van der Waals surface area (Å²) in [5.41, 5.74) is 0.184. The normalized spacial score (nSPS) is 11.1. The van der Waals surface area contributed by atoms with Crippen LogP contribution in [0.1, 0.15) is 30.2 Å². The average molecular weight is 370 g/mol. The summed E-state index contributed by atoms with van der Waals surface area (Å²) in [6, 6.07) is 10.4. The Balaban J connectivity index is 2.25. The lowest BCUT2D eigenvalue weighted by Crippen LogP contribution is -2.38. The zero-order chi connectivity index (χ0) is 19.7. The van der Waals surface area contributed by atoms with Gasteiger partial charge in [0.25, 0.3) is 11.5 Å². The van der Waals surface area contributed by atoms with Crippen molar-refractivity contribution >= 4 is 17.4 Å². The van der Waals surface area contributed by atoms with Gasteiger partial charge in [-0.2, -0.15) is 9.73 Å². The molecule has 0 unspecified atom stereocenters. The largest absolute Gasteiger partial charge is 0.505 e. The van der Waals surface area contributed by atoms with Crippen molar-refractivity contribution in [2.45, 2.75) is 19.9 Å². The van der Waals surface area contributed by atoms with Crippen LogP contribution in [0.4, 0.5) is 0 Å². The summed E-state index contributed by atoms with van der Waals surface area (Å²) in [5.74, 6) is -2.77. The SMILES string of the molecule is CC(C)n1c(=O)c(C(=O)NCC(=O)O)c(O)c2cc(-c3ccccc3)nn21. The molecule has 0 radical (unpaired) electrons. The highest BCUT2D eigenvalue weighted by Gasteiger charge is 2.25. The topological polar surface area (TPSA) is 126 Å². The number of carboxylic acids is 1. The van der Waals surface area contributed by atoms with E-state index >= 15 is 0 Å². The second-order valence-electron chi connectivity index (χ2n) is 6.21. The number of aliphatic carboxylic acids is 1. The number of benzene rings is 1. The lowest BCUT2D eigenvalue weighted by Gasteiger charge is -2.15. The molecule has 3 aromatic rings. The predicted molar refractivity (Wildman–Crippen MR) is 96.9 cm³/mol. The number of amides is 1. The van der Waals surface area contributed by atoms with E-state index in [-0.39, 0.29) is 11.6 Å². The van der Waals surface area contributed by atoms with Gasteiger partial charge in [0.2, 0.25) is 0 Å². The predicted octanol–water partition coefficient (Wildman–Crippen LogP) is 1.26. The van der Waals surface area contributed by atoms with Crippen LogP contribution in [-0.2, 0) is 4.79 Å². The van der Waals surface area contributed by atoms with Gasteiger partial charge < -0.3 is 15.5 Å². The van der Waals surface area contributed by atoms with Crippen LogP contribution in [0.5, 0.6) is 5.75 Å². The van der Waals surface area contributed by atoms with Crippen molar-refractivity contribution in [1.82, 2.24) is 19.7 Å². The van der Waals surface area contributed by atoms with Crippen LogP contribution < -0.4 is 10.9 Å². The summed E-state index contributed by atoms with van der Waals surface area (Å²) in [5, 5.41) is 25.8. The molecule has 3 rings (SSSR count). The third kappa shape index (κ3) is 3.26. The molecule has 27 heavy (non-hydrogen) atoms. The van der Waals surface area contributed by atoms with E-state index < -0.39 is 35.3 Å². The monoisotopic (exact) mass is 370 g/mol. The van der Waals surface area contributed by atoms with Crippen LogP contribution in [0.3, 0.4) is 0 Å². The molecular weight excluding hydrogens is 352 g/mol. The van der Waals surface area contributed by atoms with E-state index in [0.717, 1.165) is 5.56 Å². The Morgan fingerprint density at radius 1 is 1.22 bits per heavy atom. The molecule has 0 aliphatic heterocycles. The van der Waals surface area contributed by atoms with E-state index in [1.165, 1.54) is 9.31 Å². The molecule has 0 bridgehead atoms. The molecule has 0 saturated carbocycles. The maximum absolute atomic E-state index is 12.8. The first-order chi connectivity index (χ1) is 12.8. The van der Waals surface area contributed by atoms with Crippen molar-refractivity contribution < 1.29 is 19.8 Å². The molecule has 1 aromatic carbocycles. The van der Waals surface area contributed by atoms with Gasteiger partial charge in [-0.3, -0.25) is 14.4 Å². The van der Waals surface area contributed by atoms with E-state index in [1.54, 1.807) is 19.9 Å². The molecule has 9 nitrogen and oxygen atoms in total. The summed E-state index contributed by atoms with van der Waals surface area (Å²) in [7, 11) is 0. The van der Waals surface area contributed by atoms with Crippen molar-refractivity contribution in [1.29, 1.82) is 0 Å². The van der Waals surface area contributed by atoms with Gasteiger partial charge in [-0.1, -0.05) is 30.3 Å². The molecule has 0 spiro atoms. The lowest BCUT2D eigenvalue weighted by atomic mass is 10.1. The maximum Gasteiger partial charge on any atom is 0.322 e. The lowest BCUT2D eigenvalue weighted by molar-refractivity contribution is -0.135. The smallest absolute Gasteiger partial charge is 0.322 e. The Morgan fingerprint density at radius 3 is 2.48 bits per heavy atom. The van der Waals surface area contributed by atoms with E-state index in [4.69, 9.17) is 5.11 Å². The molecule has 2 aromatic heterocycles. The number of fused-ring (bicyclic) bond motifs is 1. The third-order valence-corrected chi connectivity index (χ3v) is 3.98. The number of hydrogen-bond acceptors (Lipinski definition) is 5. The molecule has 0 fully saturated rings. The molecule has 3 N–H and O–H groups in total. The van der Waals surface area contributed by atoms with E-state index in [2.05, 4.69) is 10.4 Å². The van der Waals surface area contributed by atoms with Crippen LogP contribution in [-0.4, -0.2) is 43.0 Å². The van der Waals surface area contributed by atoms with Crippen molar-refractivity contribution in [3.63, 3.8) is 0 Å². The molecular formula is C18H18N4O5. The van der Waals surface area contributed by atoms with Gasteiger partial charge in [-0.05, 0) is 19.9 Å². The summed E-state index contributed by atoms with van der Waals surface area (Å²) in [4.78, 5) is 35.8. The van der Waals surface area contributed by atoms with Crippen molar-refractivity contribution in [2.75, 3.05) is 6.54 Å². The third-order valence-electron chi connectivity index (χ3n) is 3.98. The standard InChI is InChI=1S/C18H18N4O5/c1-10(2)21-18(27)15(17(26)19-9-14(23)24)16(25)13-8-12(20-22(13)21)11-6-4-3-5-7-11/h3-8,10,25H,9H2,1-2H3,(H,19,26)(H,23,24). The zero-order valence-electron chi connectivity index (χ0n) is 14.7. The van der Waals surface area contributed by atoms with Crippen LogP contribution in [0.2, 0.25) is 0 Å². The number of aromatic nitrogens is 3. The minimum Gasteiger partial charge on any atom is -0.505 e. The first kappa shape index (κ1) is 18.2.